The fourth-order valence-corrected chi connectivity index (χ4v) is 3.39. The van der Waals surface area contributed by atoms with Gasteiger partial charge in [0.25, 0.3) is 10.0 Å². The Morgan fingerprint density at radius 3 is 2.67 bits per heavy atom. The average molecular weight is 408 g/mol. The van der Waals surface area contributed by atoms with Crippen LogP contribution < -0.4 is 9.46 Å². The van der Waals surface area contributed by atoms with Crippen molar-refractivity contribution in [2.45, 2.75) is 17.7 Å². The molecule has 0 spiro atoms. The van der Waals surface area contributed by atoms with Crippen LogP contribution in [0.5, 0.6) is 5.75 Å². The molecule has 0 aliphatic heterocycles. The number of benzene rings is 2. The molecule has 0 atom stereocenters. The van der Waals surface area contributed by atoms with Gasteiger partial charge in [0.05, 0.1) is 36.8 Å². The molecule has 2 rings (SSSR count). The standard InChI is InChI=1S/C19H18ClNO5S/c1-25-16-7-5-8-17(13-16)27(23,24)21-18-11-10-15(20)12-14(18)6-3-4-9-19(22)26-2/h5,7-8,10-13,21H,4,9H2,1-2H3. The predicted molar refractivity (Wildman–Crippen MR) is 103 cm³/mol. The maximum atomic E-state index is 12.7. The highest BCUT2D eigenvalue weighted by atomic mass is 35.5. The predicted octanol–water partition coefficient (Wildman–Crippen LogP) is 3.45. The van der Waals surface area contributed by atoms with E-state index in [0.717, 1.165) is 0 Å². The van der Waals surface area contributed by atoms with E-state index in [-0.39, 0.29) is 29.4 Å². The lowest BCUT2D eigenvalue weighted by molar-refractivity contribution is -0.140. The van der Waals surface area contributed by atoms with Gasteiger partial charge in [0.1, 0.15) is 5.75 Å². The first-order valence-corrected chi connectivity index (χ1v) is 9.74. The van der Waals surface area contributed by atoms with Gasteiger partial charge in [-0.2, -0.15) is 0 Å². The summed E-state index contributed by atoms with van der Waals surface area (Å²) in [5, 5.41) is 0.414. The van der Waals surface area contributed by atoms with Crippen LogP contribution in [-0.4, -0.2) is 28.6 Å². The minimum absolute atomic E-state index is 0.0569. The molecule has 0 heterocycles. The van der Waals surface area contributed by atoms with Crippen LogP contribution in [0.4, 0.5) is 5.69 Å². The molecule has 27 heavy (non-hydrogen) atoms. The molecule has 8 heteroatoms. The Balaban J connectivity index is 2.27. The van der Waals surface area contributed by atoms with Gasteiger partial charge in [-0.1, -0.05) is 29.5 Å². The molecule has 0 radical (unpaired) electrons. The minimum atomic E-state index is -3.84. The van der Waals surface area contributed by atoms with Crippen molar-refractivity contribution in [2.75, 3.05) is 18.9 Å². The largest absolute Gasteiger partial charge is 0.497 e. The fraction of sp³-hybridized carbons (Fsp3) is 0.211. The summed E-state index contributed by atoms with van der Waals surface area (Å²) in [5.41, 5.74) is 0.687. The van der Waals surface area contributed by atoms with E-state index in [9.17, 15) is 13.2 Å². The van der Waals surface area contributed by atoms with Gasteiger partial charge in [-0.3, -0.25) is 9.52 Å². The van der Waals surface area contributed by atoms with Crippen molar-refractivity contribution in [3.63, 3.8) is 0 Å². The van der Waals surface area contributed by atoms with Crippen molar-refractivity contribution >= 4 is 33.3 Å². The van der Waals surface area contributed by atoms with E-state index in [1.165, 1.54) is 32.4 Å². The summed E-state index contributed by atoms with van der Waals surface area (Å²) in [4.78, 5) is 11.2. The van der Waals surface area contributed by atoms with Crippen LogP contribution in [0.25, 0.3) is 0 Å². The number of anilines is 1. The number of rotatable bonds is 6. The second-order valence-electron chi connectivity index (χ2n) is 5.35. The monoisotopic (exact) mass is 407 g/mol. The van der Waals surface area contributed by atoms with E-state index in [4.69, 9.17) is 16.3 Å². The van der Waals surface area contributed by atoms with Crippen molar-refractivity contribution in [3.8, 4) is 17.6 Å². The molecule has 0 saturated heterocycles. The molecule has 0 saturated carbocycles. The van der Waals surface area contributed by atoms with Crippen molar-refractivity contribution in [1.82, 2.24) is 0 Å². The summed E-state index contributed by atoms with van der Waals surface area (Å²) in [6, 6.07) is 10.8. The molecule has 0 amide bonds. The third-order valence-corrected chi connectivity index (χ3v) is 5.08. The average Bonchev–Trinajstić information content (AvgIpc) is 2.66. The molecule has 0 aromatic heterocycles. The molecule has 142 valence electrons. The van der Waals surface area contributed by atoms with Gasteiger partial charge < -0.3 is 9.47 Å². The van der Waals surface area contributed by atoms with Gasteiger partial charge in [0.2, 0.25) is 0 Å². The van der Waals surface area contributed by atoms with E-state index in [0.29, 0.717) is 16.3 Å². The van der Waals surface area contributed by atoms with E-state index >= 15 is 0 Å². The molecular formula is C19H18ClNO5S. The Hall–Kier alpha value is -2.69. The molecule has 0 fully saturated rings. The molecule has 1 N–H and O–H groups in total. The summed E-state index contributed by atoms with van der Waals surface area (Å²) in [5.74, 6) is 5.71. The number of hydrogen-bond acceptors (Lipinski definition) is 5. The first kappa shape index (κ1) is 20.6. The SMILES string of the molecule is COC(=O)CCC#Cc1cc(Cl)ccc1NS(=O)(=O)c1cccc(OC)c1. The fourth-order valence-electron chi connectivity index (χ4n) is 2.11. The van der Waals surface area contributed by atoms with Crippen molar-refractivity contribution < 1.29 is 22.7 Å². The number of sulfonamides is 1. The first-order valence-electron chi connectivity index (χ1n) is 7.88. The van der Waals surface area contributed by atoms with Crippen LogP contribution in [0.15, 0.2) is 47.4 Å². The van der Waals surface area contributed by atoms with Gasteiger partial charge in [-0.05, 0) is 30.3 Å². The summed E-state index contributed by atoms with van der Waals surface area (Å²) in [7, 11) is -1.08. The topological polar surface area (TPSA) is 81.7 Å². The lowest BCUT2D eigenvalue weighted by atomic mass is 10.2. The van der Waals surface area contributed by atoms with Gasteiger partial charge >= 0.3 is 5.97 Å². The Bertz CT molecular complexity index is 993. The highest BCUT2D eigenvalue weighted by Crippen LogP contribution is 2.24. The first-order chi connectivity index (χ1) is 12.9. The smallest absolute Gasteiger partial charge is 0.306 e. The second-order valence-corrected chi connectivity index (χ2v) is 7.47. The third-order valence-electron chi connectivity index (χ3n) is 3.48. The van der Waals surface area contributed by atoms with Crippen LogP contribution in [0.2, 0.25) is 5.02 Å². The van der Waals surface area contributed by atoms with Crippen LogP contribution >= 0.6 is 11.6 Å². The van der Waals surface area contributed by atoms with Crippen molar-refractivity contribution in [2.24, 2.45) is 0 Å². The summed E-state index contributed by atoms with van der Waals surface area (Å²) in [6.07, 6.45) is 0.427. The normalized spacial score (nSPS) is 10.5. The zero-order valence-electron chi connectivity index (χ0n) is 14.8. The van der Waals surface area contributed by atoms with Gasteiger partial charge in [0.15, 0.2) is 0 Å². The highest BCUT2D eigenvalue weighted by Gasteiger charge is 2.16. The minimum Gasteiger partial charge on any atom is -0.497 e. The van der Waals surface area contributed by atoms with Crippen LogP contribution in [-0.2, 0) is 19.6 Å². The number of carbonyl (C=O) groups excluding carboxylic acids is 1. The highest BCUT2D eigenvalue weighted by molar-refractivity contribution is 7.92. The number of hydrogen-bond donors (Lipinski definition) is 1. The van der Waals surface area contributed by atoms with Crippen LogP contribution in [0.3, 0.4) is 0 Å². The third kappa shape index (κ3) is 5.91. The lowest BCUT2D eigenvalue weighted by Crippen LogP contribution is -2.14. The van der Waals surface area contributed by atoms with Gasteiger partial charge in [-0.15, -0.1) is 0 Å². The number of nitrogens with one attached hydrogen (secondary N) is 1. The van der Waals surface area contributed by atoms with Crippen LogP contribution in [0.1, 0.15) is 18.4 Å². The lowest BCUT2D eigenvalue weighted by Gasteiger charge is -2.11. The molecule has 2 aromatic carbocycles. The maximum Gasteiger partial charge on any atom is 0.306 e. The molecule has 0 aliphatic rings. The number of ether oxygens (including phenoxy) is 2. The summed E-state index contributed by atoms with van der Waals surface area (Å²) in [6.45, 7) is 0. The molecule has 0 aliphatic carbocycles. The number of methoxy groups -OCH3 is 2. The Morgan fingerprint density at radius 2 is 1.96 bits per heavy atom. The Labute approximate surface area is 163 Å². The van der Waals surface area contributed by atoms with Gasteiger partial charge in [-0.25, -0.2) is 8.42 Å². The molecule has 2 aromatic rings. The molecule has 0 bridgehead atoms. The van der Waals surface area contributed by atoms with E-state index in [2.05, 4.69) is 21.3 Å². The zero-order chi connectivity index (χ0) is 19.9. The maximum absolute atomic E-state index is 12.7. The van der Waals surface area contributed by atoms with Gasteiger partial charge in [0, 0.05) is 17.5 Å². The number of halogens is 1. The molecule has 0 unspecified atom stereocenters. The van der Waals surface area contributed by atoms with Crippen LogP contribution in [0, 0.1) is 11.8 Å². The van der Waals surface area contributed by atoms with E-state index in [1.807, 2.05) is 0 Å². The Morgan fingerprint density at radius 1 is 1.19 bits per heavy atom. The zero-order valence-corrected chi connectivity index (χ0v) is 16.4. The summed E-state index contributed by atoms with van der Waals surface area (Å²) < 4.78 is 37.4. The quantitative estimate of drug-likeness (QED) is 0.585. The van der Waals surface area contributed by atoms with Crippen molar-refractivity contribution in [3.05, 3.63) is 53.1 Å². The number of esters is 1. The number of carbonyl (C=O) groups is 1. The molecule has 6 nitrogen and oxygen atoms in total. The Kier molecular flexibility index (Phi) is 7.11. The second kappa shape index (κ2) is 9.31. The molecular weight excluding hydrogens is 390 g/mol. The summed E-state index contributed by atoms with van der Waals surface area (Å²) >= 11 is 5.99. The van der Waals surface area contributed by atoms with E-state index < -0.39 is 10.0 Å². The van der Waals surface area contributed by atoms with E-state index in [1.54, 1.807) is 24.3 Å². The van der Waals surface area contributed by atoms with Crippen molar-refractivity contribution in [1.29, 1.82) is 0 Å².